The summed E-state index contributed by atoms with van der Waals surface area (Å²) in [7, 11) is -0.617. The maximum absolute atomic E-state index is 11.8. The Hall–Kier alpha value is -1.67. The van der Waals surface area contributed by atoms with E-state index < -0.39 is 10.0 Å². The van der Waals surface area contributed by atoms with Gasteiger partial charge in [-0.25, -0.2) is 12.7 Å². The van der Waals surface area contributed by atoms with Crippen molar-refractivity contribution in [1.29, 1.82) is 0 Å². The molecule has 0 aliphatic carbocycles. The lowest BCUT2D eigenvalue weighted by Gasteiger charge is -2.08. The quantitative estimate of drug-likeness (QED) is 0.623. The maximum Gasteiger partial charge on any atom is 0.275 e. The topological polar surface area (TPSA) is 71.8 Å². The lowest BCUT2D eigenvalue weighted by atomic mass is 10.2. The molecule has 6 nitrogen and oxygen atoms in total. The van der Waals surface area contributed by atoms with Crippen LogP contribution in [0.1, 0.15) is 11.3 Å². The summed E-state index contributed by atoms with van der Waals surface area (Å²) in [6, 6.07) is 12.8. The maximum atomic E-state index is 11.8. The van der Waals surface area contributed by atoms with Crippen LogP contribution in [0.25, 0.3) is 0 Å². The molecule has 21 heavy (non-hydrogen) atoms. The van der Waals surface area contributed by atoms with Gasteiger partial charge in [-0.3, -0.25) is 4.84 Å². The Morgan fingerprint density at radius 1 is 1.14 bits per heavy atom. The number of hydrogen-bond acceptors (Lipinski definition) is 5. The Kier molecular flexibility index (Phi) is 5.13. The summed E-state index contributed by atoms with van der Waals surface area (Å²) in [5, 5.41) is -0.0765. The van der Waals surface area contributed by atoms with Crippen molar-refractivity contribution in [3.63, 3.8) is 0 Å². The second-order valence-electron chi connectivity index (χ2n) is 4.60. The van der Waals surface area contributed by atoms with Crippen LogP contribution >= 0.6 is 0 Å². The monoisotopic (exact) mass is 310 g/mol. The van der Waals surface area contributed by atoms with Crippen molar-refractivity contribution in [3.05, 3.63) is 53.8 Å². The predicted octanol–water partition coefficient (Wildman–Crippen LogP) is 1.75. The Morgan fingerprint density at radius 3 is 2.52 bits per heavy atom. The summed E-state index contributed by atoms with van der Waals surface area (Å²) in [5.74, 6) is 0.489. The molecule has 0 spiro atoms. The van der Waals surface area contributed by atoms with E-state index in [-0.39, 0.29) is 11.6 Å². The smallest absolute Gasteiger partial charge is 0.275 e. The molecule has 0 amide bonds. The minimum absolute atomic E-state index is 0.0765. The Morgan fingerprint density at radius 2 is 1.86 bits per heavy atom. The molecule has 114 valence electrons. The van der Waals surface area contributed by atoms with Crippen molar-refractivity contribution in [2.75, 3.05) is 14.1 Å². The minimum Gasteiger partial charge on any atom is -0.447 e. The van der Waals surface area contributed by atoms with Crippen molar-refractivity contribution in [1.82, 2.24) is 9.79 Å². The summed E-state index contributed by atoms with van der Waals surface area (Å²) in [6.07, 6.45) is 0. The first-order valence-corrected chi connectivity index (χ1v) is 7.84. The van der Waals surface area contributed by atoms with Gasteiger partial charge in [0.15, 0.2) is 0 Å². The third-order valence-corrected chi connectivity index (χ3v) is 4.49. The van der Waals surface area contributed by atoms with E-state index in [1.807, 2.05) is 30.3 Å². The highest BCUT2D eigenvalue weighted by molar-refractivity contribution is 7.88. The van der Waals surface area contributed by atoms with Crippen LogP contribution in [-0.4, -0.2) is 26.8 Å². The Balaban J connectivity index is 1.84. The first-order chi connectivity index (χ1) is 10.00. The van der Waals surface area contributed by atoms with Crippen molar-refractivity contribution in [3.8, 4) is 0 Å². The standard InChI is InChI=1S/C14H18N2O4S/c1-16(2)21(17,18)14-9-8-13(20-14)10-15-19-11-12-6-4-3-5-7-12/h3-9,15H,10-11H2,1-2H3. The van der Waals surface area contributed by atoms with Gasteiger partial charge in [-0.15, -0.1) is 0 Å². The molecular weight excluding hydrogens is 292 g/mol. The van der Waals surface area contributed by atoms with Crippen molar-refractivity contribution in [2.45, 2.75) is 18.2 Å². The highest BCUT2D eigenvalue weighted by atomic mass is 32.2. The summed E-state index contributed by atoms with van der Waals surface area (Å²) < 4.78 is 30.1. The molecule has 0 saturated heterocycles. The molecule has 2 rings (SSSR count). The largest absolute Gasteiger partial charge is 0.447 e. The fourth-order valence-corrected chi connectivity index (χ4v) is 2.41. The molecule has 1 heterocycles. The van der Waals surface area contributed by atoms with E-state index in [2.05, 4.69) is 5.48 Å². The van der Waals surface area contributed by atoms with Gasteiger partial charge >= 0.3 is 0 Å². The van der Waals surface area contributed by atoms with E-state index in [0.717, 1.165) is 9.87 Å². The van der Waals surface area contributed by atoms with Crippen LogP contribution in [0.3, 0.4) is 0 Å². The van der Waals surface area contributed by atoms with Gasteiger partial charge in [0.25, 0.3) is 10.0 Å². The fraction of sp³-hybridized carbons (Fsp3) is 0.286. The zero-order valence-electron chi connectivity index (χ0n) is 11.9. The van der Waals surface area contributed by atoms with Crippen LogP contribution in [0.15, 0.2) is 52.0 Å². The third-order valence-electron chi connectivity index (χ3n) is 2.80. The fourth-order valence-electron chi connectivity index (χ4n) is 1.60. The molecule has 0 unspecified atom stereocenters. The summed E-state index contributed by atoms with van der Waals surface area (Å²) in [4.78, 5) is 5.30. The summed E-state index contributed by atoms with van der Waals surface area (Å²) in [6.45, 7) is 0.709. The minimum atomic E-state index is -3.53. The number of nitrogens with zero attached hydrogens (tertiary/aromatic N) is 1. The van der Waals surface area contributed by atoms with Crippen LogP contribution in [0, 0.1) is 0 Å². The normalized spacial score (nSPS) is 12.0. The summed E-state index contributed by atoms with van der Waals surface area (Å²) in [5.41, 5.74) is 3.78. The lowest BCUT2D eigenvalue weighted by Crippen LogP contribution is -2.21. The van der Waals surface area contributed by atoms with E-state index in [0.29, 0.717) is 12.4 Å². The molecule has 7 heteroatoms. The first kappa shape index (κ1) is 15.7. The third kappa shape index (κ3) is 4.15. The molecule has 0 fully saturated rings. The number of rotatable bonds is 7. The lowest BCUT2D eigenvalue weighted by molar-refractivity contribution is 0.0196. The zero-order chi connectivity index (χ0) is 15.3. The van der Waals surface area contributed by atoms with Crippen LogP contribution in [0.2, 0.25) is 0 Å². The number of hydrogen-bond donors (Lipinski definition) is 1. The number of nitrogens with one attached hydrogen (secondary N) is 1. The SMILES string of the molecule is CN(C)S(=O)(=O)c1ccc(CNOCc2ccccc2)o1. The van der Waals surface area contributed by atoms with Crippen LogP contribution < -0.4 is 5.48 Å². The molecule has 0 aliphatic rings. The second-order valence-corrected chi connectivity index (χ2v) is 6.69. The van der Waals surface area contributed by atoms with Gasteiger partial charge in [0.2, 0.25) is 5.09 Å². The highest BCUT2D eigenvalue weighted by Crippen LogP contribution is 2.16. The van der Waals surface area contributed by atoms with E-state index in [1.54, 1.807) is 6.07 Å². The number of hydroxylamine groups is 1. The number of furan rings is 1. The number of sulfonamides is 1. The predicted molar refractivity (Wildman–Crippen MR) is 77.7 cm³/mol. The molecule has 0 radical (unpaired) electrons. The average molecular weight is 310 g/mol. The summed E-state index contributed by atoms with van der Waals surface area (Å²) >= 11 is 0. The van der Waals surface area contributed by atoms with Crippen molar-refractivity contribution < 1.29 is 17.7 Å². The molecule has 1 aromatic carbocycles. The van der Waals surface area contributed by atoms with E-state index in [9.17, 15) is 8.42 Å². The van der Waals surface area contributed by atoms with Gasteiger partial charge < -0.3 is 4.42 Å². The molecule has 1 aromatic heterocycles. The van der Waals surface area contributed by atoms with Crippen molar-refractivity contribution in [2.24, 2.45) is 0 Å². The van der Waals surface area contributed by atoms with Gasteiger partial charge in [0, 0.05) is 14.1 Å². The van der Waals surface area contributed by atoms with Gasteiger partial charge in [-0.2, -0.15) is 5.48 Å². The van der Waals surface area contributed by atoms with E-state index in [1.165, 1.54) is 20.2 Å². The molecular formula is C14H18N2O4S. The molecule has 0 bridgehead atoms. The molecule has 0 aliphatic heterocycles. The first-order valence-electron chi connectivity index (χ1n) is 6.40. The second kappa shape index (κ2) is 6.86. The molecule has 0 atom stereocenters. The average Bonchev–Trinajstić information content (AvgIpc) is 2.94. The van der Waals surface area contributed by atoms with Gasteiger partial charge in [0.1, 0.15) is 5.76 Å². The number of benzene rings is 1. The zero-order valence-corrected chi connectivity index (χ0v) is 12.8. The Labute approximate surface area is 124 Å². The van der Waals surface area contributed by atoms with Crippen LogP contribution in [0.4, 0.5) is 0 Å². The molecule has 1 N–H and O–H groups in total. The Bertz CT molecular complexity index is 665. The molecule has 2 aromatic rings. The van der Waals surface area contributed by atoms with Gasteiger partial charge in [0.05, 0.1) is 13.2 Å². The van der Waals surface area contributed by atoms with Gasteiger partial charge in [-0.05, 0) is 17.7 Å². The van der Waals surface area contributed by atoms with Gasteiger partial charge in [-0.1, -0.05) is 30.3 Å². The van der Waals surface area contributed by atoms with E-state index >= 15 is 0 Å². The van der Waals surface area contributed by atoms with Crippen LogP contribution in [0.5, 0.6) is 0 Å². The molecule has 0 saturated carbocycles. The van der Waals surface area contributed by atoms with Crippen molar-refractivity contribution >= 4 is 10.0 Å². The highest BCUT2D eigenvalue weighted by Gasteiger charge is 2.21. The van der Waals surface area contributed by atoms with Crippen LogP contribution in [-0.2, 0) is 28.0 Å². The van der Waals surface area contributed by atoms with E-state index in [4.69, 9.17) is 9.25 Å².